The molecule has 0 radical (unpaired) electrons. The molecule has 0 bridgehead atoms. The third kappa shape index (κ3) is 4.43. The van der Waals surface area contributed by atoms with Gasteiger partial charge in [-0.1, -0.05) is 30.3 Å². The zero-order valence-electron chi connectivity index (χ0n) is 11.1. The van der Waals surface area contributed by atoms with Crippen molar-refractivity contribution in [3.05, 3.63) is 35.9 Å². The van der Waals surface area contributed by atoms with Crippen molar-refractivity contribution in [1.29, 1.82) is 5.26 Å². The van der Waals surface area contributed by atoms with Crippen molar-refractivity contribution in [1.82, 2.24) is 10.2 Å². The van der Waals surface area contributed by atoms with Gasteiger partial charge >= 0.3 is 0 Å². The Hall–Kier alpha value is -2.35. The normalized spacial score (nSPS) is 11.2. The average Bonchev–Trinajstić information content (AvgIpc) is 2.40. The number of hydrogen-bond acceptors (Lipinski definition) is 3. The number of carbonyl (C=O) groups excluding carboxylic acids is 2. The lowest BCUT2D eigenvalue weighted by atomic mass is 10.0. The fourth-order valence-electron chi connectivity index (χ4n) is 1.76. The van der Waals surface area contributed by atoms with Gasteiger partial charge in [-0.05, 0) is 12.5 Å². The summed E-state index contributed by atoms with van der Waals surface area (Å²) < 4.78 is 0. The highest BCUT2D eigenvalue weighted by molar-refractivity contribution is 5.88. The maximum Gasteiger partial charge on any atom is 0.258 e. The molecule has 100 valence electrons. The molecule has 1 aromatic carbocycles. The van der Waals surface area contributed by atoms with Crippen LogP contribution in [0.25, 0.3) is 0 Å². The van der Waals surface area contributed by atoms with E-state index in [4.69, 9.17) is 5.26 Å². The number of hydrogen-bond donors (Lipinski definition) is 1. The van der Waals surface area contributed by atoms with Crippen molar-refractivity contribution in [3.63, 3.8) is 0 Å². The Labute approximate surface area is 112 Å². The summed E-state index contributed by atoms with van der Waals surface area (Å²) in [5.74, 6) is -0.674. The van der Waals surface area contributed by atoms with Crippen LogP contribution in [0, 0.1) is 11.5 Å². The number of rotatable bonds is 5. The summed E-state index contributed by atoms with van der Waals surface area (Å²) in [5.41, 5.74) is 0.934. The molecule has 2 amide bonds. The number of nitrogens with zero attached hydrogens (tertiary/aromatic N) is 2. The maximum atomic E-state index is 12.1. The Morgan fingerprint density at radius 1 is 1.37 bits per heavy atom. The standard InChI is InChI=1S/C14H17N3O2/c1-3-17(10-15)14(19)13(16-11(2)18)9-12-7-5-4-6-8-12/h4-8,13H,3,9H2,1-2H3,(H,16,18). The van der Waals surface area contributed by atoms with Crippen LogP contribution in [0.4, 0.5) is 0 Å². The SMILES string of the molecule is CCN(C#N)C(=O)C(Cc1ccccc1)NC(C)=O. The first-order chi connectivity index (χ1) is 9.08. The first-order valence-electron chi connectivity index (χ1n) is 6.10. The number of amides is 2. The molecule has 5 heteroatoms. The van der Waals surface area contributed by atoms with E-state index in [2.05, 4.69) is 5.32 Å². The number of benzene rings is 1. The van der Waals surface area contributed by atoms with Gasteiger partial charge in [0, 0.05) is 19.9 Å². The molecule has 0 aliphatic heterocycles. The van der Waals surface area contributed by atoms with Crippen LogP contribution in [-0.2, 0) is 16.0 Å². The lowest BCUT2D eigenvalue weighted by Crippen LogP contribution is -2.47. The molecule has 19 heavy (non-hydrogen) atoms. The van der Waals surface area contributed by atoms with Crippen LogP contribution in [0.3, 0.4) is 0 Å². The van der Waals surface area contributed by atoms with Crippen LogP contribution >= 0.6 is 0 Å². The predicted molar refractivity (Wildman–Crippen MR) is 70.8 cm³/mol. The second-order valence-electron chi connectivity index (χ2n) is 4.13. The molecule has 0 heterocycles. The largest absolute Gasteiger partial charge is 0.344 e. The highest BCUT2D eigenvalue weighted by Crippen LogP contribution is 2.06. The molecule has 0 fully saturated rings. The topological polar surface area (TPSA) is 73.2 Å². The van der Waals surface area contributed by atoms with Crippen LogP contribution in [-0.4, -0.2) is 29.3 Å². The zero-order valence-corrected chi connectivity index (χ0v) is 11.1. The smallest absolute Gasteiger partial charge is 0.258 e. The monoisotopic (exact) mass is 259 g/mol. The van der Waals surface area contributed by atoms with Gasteiger partial charge in [-0.3, -0.25) is 9.59 Å². The summed E-state index contributed by atoms with van der Waals surface area (Å²) in [6.45, 7) is 3.36. The van der Waals surface area contributed by atoms with E-state index in [0.29, 0.717) is 13.0 Å². The second-order valence-corrected chi connectivity index (χ2v) is 4.13. The van der Waals surface area contributed by atoms with Gasteiger partial charge in [0.2, 0.25) is 5.91 Å². The summed E-state index contributed by atoms with van der Waals surface area (Å²) in [7, 11) is 0. The van der Waals surface area contributed by atoms with Gasteiger partial charge in [-0.2, -0.15) is 5.26 Å². The van der Waals surface area contributed by atoms with Crippen LogP contribution in [0.5, 0.6) is 0 Å². The minimum atomic E-state index is -0.709. The molecule has 0 aliphatic rings. The molecule has 1 aromatic rings. The molecule has 0 aromatic heterocycles. The molecule has 5 nitrogen and oxygen atoms in total. The molecule has 1 atom stereocenters. The molecule has 0 aliphatic carbocycles. The van der Waals surface area contributed by atoms with E-state index in [0.717, 1.165) is 10.5 Å². The van der Waals surface area contributed by atoms with Gasteiger partial charge in [-0.25, -0.2) is 4.90 Å². The first-order valence-corrected chi connectivity index (χ1v) is 6.10. The maximum absolute atomic E-state index is 12.1. The molecule has 1 N–H and O–H groups in total. The Bertz CT molecular complexity index is 479. The van der Waals surface area contributed by atoms with Gasteiger partial charge in [0.05, 0.1) is 0 Å². The number of carbonyl (C=O) groups is 2. The van der Waals surface area contributed by atoms with Crippen molar-refractivity contribution < 1.29 is 9.59 Å². The molecule has 0 spiro atoms. The van der Waals surface area contributed by atoms with Crippen molar-refractivity contribution >= 4 is 11.8 Å². The van der Waals surface area contributed by atoms with Crippen molar-refractivity contribution in [2.24, 2.45) is 0 Å². The second kappa shape index (κ2) is 7.17. The fraction of sp³-hybridized carbons (Fsp3) is 0.357. The summed E-state index contributed by atoms with van der Waals surface area (Å²) in [5, 5.41) is 11.5. The van der Waals surface area contributed by atoms with Gasteiger partial charge in [0.25, 0.3) is 5.91 Å². The van der Waals surface area contributed by atoms with Gasteiger partial charge in [-0.15, -0.1) is 0 Å². The Kier molecular flexibility index (Phi) is 5.55. The van der Waals surface area contributed by atoms with Gasteiger partial charge in [0.1, 0.15) is 6.04 Å². The van der Waals surface area contributed by atoms with Crippen LogP contribution in [0.2, 0.25) is 0 Å². The molecular weight excluding hydrogens is 242 g/mol. The Morgan fingerprint density at radius 3 is 2.47 bits per heavy atom. The van der Waals surface area contributed by atoms with Gasteiger partial charge < -0.3 is 5.32 Å². The molecule has 1 rings (SSSR count). The molecule has 0 saturated carbocycles. The lowest BCUT2D eigenvalue weighted by molar-refractivity contribution is -0.133. The van der Waals surface area contributed by atoms with E-state index >= 15 is 0 Å². The van der Waals surface area contributed by atoms with E-state index in [1.807, 2.05) is 36.5 Å². The van der Waals surface area contributed by atoms with Crippen molar-refractivity contribution in [2.45, 2.75) is 26.3 Å². The highest BCUT2D eigenvalue weighted by atomic mass is 16.2. The minimum Gasteiger partial charge on any atom is -0.344 e. The first kappa shape index (κ1) is 14.7. The van der Waals surface area contributed by atoms with Crippen LogP contribution in [0.15, 0.2) is 30.3 Å². The van der Waals surface area contributed by atoms with E-state index in [1.54, 1.807) is 6.92 Å². The number of nitriles is 1. The third-order valence-electron chi connectivity index (χ3n) is 2.66. The molecule has 1 unspecified atom stereocenters. The minimum absolute atomic E-state index is 0.289. The van der Waals surface area contributed by atoms with Crippen molar-refractivity contribution in [2.75, 3.05) is 6.54 Å². The van der Waals surface area contributed by atoms with Crippen LogP contribution in [0.1, 0.15) is 19.4 Å². The predicted octanol–water partition coefficient (Wildman–Crippen LogP) is 1.06. The van der Waals surface area contributed by atoms with E-state index in [9.17, 15) is 9.59 Å². The number of nitrogens with one attached hydrogen (secondary N) is 1. The Balaban J connectivity index is 2.86. The van der Waals surface area contributed by atoms with Crippen LogP contribution < -0.4 is 5.32 Å². The quantitative estimate of drug-likeness (QED) is 0.635. The van der Waals surface area contributed by atoms with E-state index in [-0.39, 0.29) is 11.8 Å². The highest BCUT2D eigenvalue weighted by Gasteiger charge is 2.24. The fourth-order valence-corrected chi connectivity index (χ4v) is 1.76. The lowest BCUT2D eigenvalue weighted by Gasteiger charge is -2.21. The Morgan fingerprint density at radius 2 is 2.00 bits per heavy atom. The third-order valence-corrected chi connectivity index (χ3v) is 2.66. The summed E-state index contributed by atoms with van der Waals surface area (Å²) in [4.78, 5) is 24.4. The average molecular weight is 259 g/mol. The summed E-state index contributed by atoms with van der Waals surface area (Å²) >= 11 is 0. The zero-order chi connectivity index (χ0) is 14.3. The summed E-state index contributed by atoms with van der Waals surface area (Å²) in [6, 6.07) is 8.67. The summed E-state index contributed by atoms with van der Waals surface area (Å²) in [6.07, 6.45) is 2.20. The van der Waals surface area contributed by atoms with E-state index < -0.39 is 6.04 Å². The van der Waals surface area contributed by atoms with Crippen molar-refractivity contribution in [3.8, 4) is 6.19 Å². The molecule has 0 saturated heterocycles. The van der Waals surface area contributed by atoms with E-state index in [1.165, 1.54) is 6.92 Å². The van der Waals surface area contributed by atoms with Gasteiger partial charge in [0.15, 0.2) is 6.19 Å². The molecular formula is C14H17N3O2. The number of likely N-dealkylation sites (N-methyl/N-ethyl adjacent to an activating group) is 1.